The minimum Gasteiger partial charge on any atom is -0.489 e. The van der Waals surface area contributed by atoms with E-state index in [0.717, 1.165) is 37.4 Å². The molecular formula is C19H26N2O2. The molecule has 0 spiro atoms. The van der Waals surface area contributed by atoms with E-state index in [-0.39, 0.29) is 5.91 Å². The van der Waals surface area contributed by atoms with Gasteiger partial charge in [-0.15, -0.1) is 0 Å². The van der Waals surface area contributed by atoms with Crippen LogP contribution in [0, 0.1) is 5.92 Å². The largest absolute Gasteiger partial charge is 0.489 e. The summed E-state index contributed by atoms with van der Waals surface area (Å²) >= 11 is 0. The van der Waals surface area contributed by atoms with Gasteiger partial charge in [0.25, 0.3) is 0 Å². The molecule has 1 saturated heterocycles. The van der Waals surface area contributed by atoms with E-state index in [9.17, 15) is 4.79 Å². The summed E-state index contributed by atoms with van der Waals surface area (Å²) in [5.41, 5.74) is 2.44. The van der Waals surface area contributed by atoms with Crippen molar-refractivity contribution in [3.05, 3.63) is 35.4 Å². The Labute approximate surface area is 138 Å². The number of carbonyl (C=O) groups is 1. The Kier molecular flexibility index (Phi) is 5.01. The van der Waals surface area contributed by atoms with Crippen molar-refractivity contribution in [1.82, 2.24) is 10.2 Å². The SMILES string of the molecule is CCC(=O)N1CC[C@H](NCC2=Cc3ccccc3OC2)[C@@H](C)C1. The van der Waals surface area contributed by atoms with Crippen molar-refractivity contribution in [2.75, 3.05) is 26.2 Å². The summed E-state index contributed by atoms with van der Waals surface area (Å²) in [7, 11) is 0. The third-order valence-corrected chi connectivity index (χ3v) is 4.84. The third kappa shape index (κ3) is 3.75. The fourth-order valence-electron chi connectivity index (χ4n) is 3.43. The van der Waals surface area contributed by atoms with E-state index in [0.29, 0.717) is 25.0 Å². The van der Waals surface area contributed by atoms with Gasteiger partial charge in [-0.3, -0.25) is 4.79 Å². The molecule has 2 aliphatic rings. The zero-order valence-electron chi connectivity index (χ0n) is 14.0. The van der Waals surface area contributed by atoms with Crippen molar-refractivity contribution >= 4 is 12.0 Å². The highest BCUT2D eigenvalue weighted by Gasteiger charge is 2.27. The van der Waals surface area contributed by atoms with E-state index in [1.807, 2.05) is 30.0 Å². The lowest BCUT2D eigenvalue weighted by atomic mass is 9.93. The summed E-state index contributed by atoms with van der Waals surface area (Å²) in [6, 6.07) is 8.61. The number of nitrogens with one attached hydrogen (secondary N) is 1. The number of likely N-dealkylation sites (tertiary alicyclic amines) is 1. The molecule has 1 N–H and O–H groups in total. The van der Waals surface area contributed by atoms with Crippen LogP contribution in [0.2, 0.25) is 0 Å². The Bertz CT molecular complexity index is 597. The van der Waals surface area contributed by atoms with E-state index in [4.69, 9.17) is 4.74 Å². The van der Waals surface area contributed by atoms with Crippen molar-refractivity contribution in [3.63, 3.8) is 0 Å². The highest BCUT2D eigenvalue weighted by atomic mass is 16.5. The number of rotatable bonds is 4. The van der Waals surface area contributed by atoms with Crippen LogP contribution in [-0.2, 0) is 4.79 Å². The molecule has 0 radical (unpaired) electrons. The number of para-hydroxylation sites is 1. The summed E-state index contributed by atoms with van der Waals surface area (Å²) < 4.78 is 5.80. The molecule has 0 bridgehead atoms. The van der Waals surface area contributed by atoms with E-state index >= 15 is 0 Å². The second-order valence-electron chi connectivity index (χ2n) is 6.58. The average molecular weight is 314 g/mol. The molecule has 0 saturated carbocycles. The molecule has 1 aromatic carbocycles. The topological polar surface area (TPSA) is 41.6 Å². The van der Waals surface area contributed by atoms with Crippen molar-refractivity contribution in [2.45, 2.75) is 32.7 Å². The number of fused-ring (bicyclic) bond motifs is 1. The molecule has 0 aliphatic carbocycles. The number of hydrogen-bond donors (Lipinski definition) is 1. The average Bonchev–Trinajstić information content (AvgIpc) is 2.59. The van der Waals surface area contributed by atoms with Gasteiger partial charge < -0.3 is 15.0 Å². The Hall–Kier alpha value is -1.81. The molecule has 23 heavy (non-hydrogen) atoms. The van der Waals surface area contributed by atoms with Crippen LogP contribution in [-0.4, -0.2) is 43.1 Å². The lowest BCUT2D eigenvalue weighted by Gasteiger charge is -2.37. The first-order chi connectivity index (χ1) is 11.2. The number of amides is 1. The van der Waals surface area contributed by atoms with Gasteiger partial charge in [0.15, 0.2) is 0 Å². The van der Waals surface area contributed by atoms with Crippen LogP contribution in [0.25, 0.3) is 6.08 Å². The number of hydrogen-bond acceptors (Lipinski definition) is 3. The van der Waals surface area contributed by atoms with Gasteiger partial charge >= 0.3 is 0 Å². The highest BCUT2D eigenvalue weighted by Crippen LogP contribution is 2.25. The summed E-state index contributed by atoms with van der Waals surface area (Å²) in [5.74, 6) is 1.72. The first kappa shape index (κ1) is 16.1. The summed E-state index contributed by atoms with van der Waals surface area (Å²) in [4.78, 5) is 13.8. The van der Waals surface area contributed by atoms with Gasteiger partial charge in [0, 0.05) is 37.7 Å². The second-order valence-corrected chi connectivity index (χ2v) is 6.58. The molecule has 4 heteroatoms. The van der Waals surface area contributed by atoms with Gasteiger partial charge in [-0.2, -0.15) is 0 Å². The molecule has 4 nitrogen and oxygen atoms in total. The van der Waals surface area contributed by atoms with Crippen LogP contribution in [0.1, 0.15) is 32.3 Å². The lowest BCUT2D eigenvalue weighted by molar-refractivity contribution is -0.132. The molecule has 1 aromatic rings. The predicted octanol–water partition coefficient (Wildman–Crippen LogP) is 2.70. The van der Waals surface area contributed by atoms with Crippen LogP contribution in [0.3, 0.4) is 0 Å². The number of nitrogens with zero attached hydrogens (tertiary/aromatic N) is 1. The van der Waals surface area contributed by atoms with E-state index in [2.05, 4.69) is 24.4 Å². The van der Waals surface area contributed by atoms with Crippen LogP contribution in [0.5, 0.6) is 5.75 Å². The third-order valence-electron chi connectivity index (χ3n) is 4.84. The molecule has 0 aromatic heterocycles. The van der Waals surface area contributed by atoms with E-state index < -0.39 is 0 Å². The molecule has 2 aliphatic heterocycles. The predicted molar refractivity (Wildman–Crippen MR) is 92.4 cm³/mol. The molecule has 3 rings (SSSR count). The molecule has 124 valence electrons. The van der Waals surface area contributed by atoms with Crippen LogP contribution < -0.4 is 10.1 Å². The number of carbonyl (C=O) groups excluding carboxylic acids is 1. The number of ether oxygens (including phenoxy) is 1. The fraction of sp³-hybridized carbons (Fsp3) is 0.526. The van der Waals surface area contributed by atoms with Gasteiger partial charge in [0.2, 0.25) is 5.91 Å². The minimum absolute atomic E-state index is 0.273. The van der Waals surface area contributed by atoms with Crippen molar-refractivity contribution < 1.29 is 9.53 Å². The summed E-state index contributed by atoms with van der Waals surface area (Å²) in [5, 5.41) is 3.66. The Balaban J connectivity index is 1.54. The zero-order chi connectivity index (χ0) is 16.2. The van der Waals surface area contributed by atoms with Crippen molar-refractivity contribution in [3.8, 4) is 5.75 Å². The smallest absolute Gasteiger partial charge is 0.222 e. The van der Waals surface area contributed by atoms with Crippen molar-refractivity contribution in [2.24, 2.45) is 5.92 Å². The quantitative estimate of drug-likeness (QED) is 0.929. The van der Waals surface area contributed by atoms with E-state index in [1.54, 1.807) is 0 Å². The molecular weight excluding hydrogens is 288 g/mol. The second kappa shape index (κ2) is 7.18. The van der Waals surface area contributed by atoms with Gasteiger partial charge in [-0.05, 0) is 30.1 Å². The zero-order valence-corrected chi connectivity index (χ0v) is 14.0. The Morgan fingerprint density at radius 2 is 2.22 bits per heavy atom. The molecule has 0 unspecified atom stereocenters. The lowest BCUT2D eigenvalue weighted by Crippen LogP contribution is -2.50. The first-order valence-electron chi connectivity index (χ1n) is 8.59. The summed E-state index contributed by atoms with van der Waals surface area (Å²) in [6.45, 7) is 7.41. The maximum Gasteiger partial charge on any atom is 0.222 e. The normalized spacial score (nSPS) is 23.7. The molecule has 1 fully saturated rings. The monoisotopic (exact) mass is 314 g/mol. The number of piperidine rings is 1. The molecule has 2 atom stereocenters. The fourth-order valence-corrected chi connectivity index (χ4v) is 3.43. The van der Waals surface area contributed by atoms with Crippen LogP contribution >= 0.6 is 0 Å². The van der Waals surface area contributed by atoms with Crippen LogP contribution in [0.15, 0.2) is 29.8 Å². The van der Waals surface area contributed by atoms with Gasteiger partial charge in [0.1, 0.15) is 12.4 Å². The molecule has 2 heterocycles. The number of benzene rings is 1. The van der Waals surface area contributed by atoms with Crippen molar-refractivity contribution in [1.29, 1.82) is 0 Å². The minimum atomic E-state index is 0.273. The van der Waals surface area contributed by atoms with Gasteiger partial charge in [0.05, 0.1) is 0 Å². The van der Waals surface area contributed by atoms with Gasteiger partial charge in [-0.1, -0.05) is 32.0 Å². The van der Waals surface area contributed by atoms with Gasteiger partial charge in [-0.25, -0.2) is 0 Å². The maximum absolute atomic E-state index is 11.8. The Morgan fingerprint density at radius 1 is 1.39 bits per heavy atom. The van der Waals surface area contributed by atoms with Crippen LogP contribution in [0.4, 0.5) is 0 Å². The molecule has 1 amide bonds. The maximum atomic E-state index is 11.8. The summed E-state index contributed by atoms with van der Waals surface area (Å²) in [6.07, 6.45) is 3.86. The van der Waals surface area contributed by atoms with E-state index in [1.165, 1.54) is 5.57 Å². The highest BCUT2D eigenvalue weighted by molar-refractivity contribution is 5.75. The Morgan fingerprint density at radius 3 is 3.00 bits per heavy atom. The first-order valence-corrected chi connectivity index (χ1v) is 8.59. The standard InChI is InChI=1S/C19H26N2O2/c1-3-19(22)21-9-8-17(14(2)12-21)20-11-15-10-16-6-4-5-7-18(16)23-13-15/h4-7,10,14,17,20H,3,8-9,11-13H2,1-2H3/t14-,17-/m0/s1.